The van der Waals surface area contributed by atoms with Gasteiger partial charge in [-0.15, -0.1) is 11.3 Å². The van der Waals surface area contributed by atoms with E-state index in [9.17, 15) is 4.79 Å². The average molecular weight is 385 g/mol. The molecule has 2 amide bonds. The van der Waals surface area contributed by atoms with Gasteiger partial charge in [-0.2, -0.15) is 0 Å². The lowest BCUT2D eigenvalue weighted by atomic mass is 10.2. The molecule has 0 fully saturated rings. The summed E-state index contributed by atoms with van der Waals surface area (Å²) in [6.45, 7) is 5.62. The maximum Gasteiger partial charge on any atom is 0.318 e. The Bertz CT molecular complexity index is 831. The quantitative estimate of drug-likeness (QED) is 0.631. The highest BCUT2D eigenvalue weighted by atomic mass is 32.1. The van der Waals surface area contributed by atoms with Crippen LogP contribution in [0.5, 0.6) is 0 Å². The predicted octanol–water partition coefficient (Wildman–Crippen LogP) is 4.21. The van der Waals surface area contributed by atoms with Crippen LogP contribution in [0.15, 0.2) is 52.6 Å². The topological polar surface area (TPSA) is 71.3 Å². The number of rotatable bonds is 8. The minimum atomic E-state index is -0.142. The van der Waals surface area contributed by atoms with Crippen molar-refractivity contribution in [2.45, 2.75) is 39.3 Å². The molecule has 1 N–H and O–H groups in total. The normalized spacial score (nSPS) is 10.9. The summed E-state index contributed by atoms with van der Waals surface area (Å²) in [7, 11) is 0. The summed E-state index contributed by atoms with van der Waals surface area (Å²) in [5, 5.41) is 6.18. The third-order valence-corrected chi connectivity index (χ3v) is 5.21. The van der Waals surface area contributed by atoms with Crippen LogP contribution < -0.4 is 5.32 Å². The molecule has 0 spiro atoms. The van der Waals surface area contributed by atoms with E-state index in [0.717, 1.165) is 22.2 Å². The molecule has 27 heavy (non-hydrogen) atoms. The van der Waals surface area contributed by atoms with Gasteiger partial charge >= 0.3 is 6.03 Å². The largest absolute Gasteiger partial charge is 0.467 e. The fourth-order valence-electron chi connectivity index (χ4n) is 2.59. The van der Waals surface area contributed by atoms with Gasteiger partial charge in [-0.3, -0.25) is 4.98 Å². The van der Waals surface area contributed by atoms with E-state index in [1.165, 1.54) is 0 Å². The number of hydrogen-bond acceptors (Lipinski definition) is 5. The monoisotopic (exact) mass is 384 g/mol. The lowest BCUT2D eigenvalue weighted by molar-refractivity contribution is 0.186. The molecule has 0 aliphatic carbocycles. The molecular weight excluding hydrogens is 360 g/mol. The Hall–Kier alpha value is -2.67. The maximum absolute atomic E-state index is 12.7. The molecule has 3 heterocycles. The number of carbonyl (C=O) groups is 1. The van der Waals surface area contributed by atoms with Crippen molar-refractivity contribution in [1.82, 2.24) is 20.2 Å². The summed E-state index contributed by atoms with van der Waals surface area (Å²) in [5.74, 6) is 1.17. The summed E-state index contributed by atoms with van der Waals surface area (Å²) in [6, 6.07) is 9.23. The van der Waals surface area contributed by atoms with Crippen molar-refractivity contribution >= 4 is 17.4 Å². The first kappa shape index (κ1) is 19.1. The molecule has 0 atom stereocenters. The summed E-state index contributed by atoms with van der Waals surface area (Å²) in [4.78, 5) is 23.3. The second-order valence-corrected chi connectivity index (χ2v) is 7.46. The molecule has 0 saturated heterocycles. The minimum Gasteiger partial charge on any atom is -0.467 e. The van der Waals surface area contributed by atoms with Gasteiger partial charge in [-0.1, -0.05) is 19.9 Å². The van der Waals surface area contributed by atoms with E-state index in [-0.39, 0.29) is 6.03 Å². The number of thiazole rings is 1. The third-order valence-electron chi connectivity index (χ3n) is 4.01. The highest BCUT2D eigenvalue weighted by molar-refractivity contribution is 7.09. The molecule has 0 radical (unpaired) electrons. The standard InChI is InChI=1S/C20H24N4O2S/c1-15(2)19-23-17(14-27-19)8-10-22-20(25)24(13-18-7-5-11-26-18)12-16-6-3-4-9-21-16/h3-7,9,11,14-15H,8,10,12-13H2,1-2H3,(H,22,25). The Morgan fingerprint density at radius 3 is 2.78 bits per heavy atom. The van der Waals surface area contributed by atoms with E-state index in [2.05, 4.69) is 34.5 Å². The Balaban J connectivity index is 1.57. The van der Waals surface area contributed by atoms with Crippen molar-refractivity contribution < 1.29 is 9.21 Å². The molecule has 142 valence electrons. The fourth-order valence-corrected chi connectivity index (χ4v) is 3.46. The van der Waals surface area contributed by atoms with Gasteiger partial charge in [-0.05, 0) is 24.3 Å². The Labute approximate surface area is 163 Å². The van der Waals surface area contributed by atoms with Crippen LogP contribution in [-0.2, 0) is 19.5 Å². The van der Waals surface area contributed by atoms with Crippen molar-refractivity contribution in [3.63, 3.8) is 0 Å². The van der Waals surface area contributed by atoms with E-state index in [4.69, 9.17) is 4.42 Å². The molecule has 0 aliphatic rings. The number of aromatic nitrogens is 2. The molecule has 0 saturated carbocycles. The number of pyridine rings is 1. The molecule has 0 bridgehead atoms. The van der Waals surface area contributed by atoms with Crippen molar-refractivity contribution in [1.29, 1.82) is 0 Å². The predicted molar refractivity (Wildman–Crippen MR) is 105 cm³/mol. The van der Waals surface area contributed by atoms with Gasteiger partial charge in [0.25, 0.3) is 0 Å². The van der Waals surface area contributed by atoms with Gasteiger partial charge in [-0.25, -0.2) is 9.78 Å². The first-order chi connectivity index (χ1) is 13.1. The van der Waals surface area contributed by atoms with Crippen LogP contribution in [0.3, 0.4) is 0 Å². The Morgan fingerprint density at radius 1 is 1.22 bits per heavy atom. The van der Waals surface area contributed by atoms with Crippen molar-refractivity contribution in [3.8, 4) is 0 Å². The van der Waals surface area contributed by atoms with Gasteiger partial charge in [0.15, 0.2) is 0 Å². The molecular formula is C20H24N4O2S. The number of carbonyl (C=O) groups excluding carboxylic acids is 1. The first-order valence-corrected chi connectivity index (χ1v) is 9.89. The number of hydrogen-bond donors (Lipinski definition) is 1. The van der Waals surface area contributed by atoms with Crippen LogP contribution in [0, 0.1) is 0 Å². The van der Waals surface area contributed by atoms with Crippen LogP contribution in [0.2, 0.25) is 0 Å². The SMILES string of the molecule is CC(C)c1nc(CCNC(=O)N(Cc2ccccn2)Cc2ccco2)cs1. The van der Waals surface area contributed by atoms with E-state index in [0.29, 0.717) is 32.0 Å². The van der Waals surface area contributed by atoms with Crippen LogP contribution in [-0.4, -0.2) is 27.4 Å². The van der Waals surface area contributed by atoms with Gasteiger partial charge in [0.1, 0.15) is 5.76 Å². The zero-order valence-electron chi connectivity index (χ0n) is 15.6. The van der Waals surface area contributed by atoms with Crippen molar-refractivity contribution in [3.05, 3.63) is 70.3 Å². The van der Waals surface area contributed by atoms with Crippen LogP contribution >= 0.6 is 11.3 Å². The molecule has 7 heteroatoms. The third kappa shape index (κ3) is 5.65. The highest BCUT2D eigenvalue weighted by Gasteiger charge is 2.16. The molecule has 3 rings (SSSR count). The lowest BCUT2D eigenvalue weighted by Gasteiger charge is -2.21. The second kappa shape index (κ2) is 9.32. The lowest BCUT2D eigenvalue weighted by Crippen LogP contribution is -2.40. The maximum atomic E-state index is 12.7. The molecule has 3 aromatic rings. The van der Waals surface area contributed by atoms with Gasteiger partial charge in [0.2, 0.25) is 0 Å². The average Bonchev–Trinajstić information content (AvgIpc) is 3.34. The Kier molecular flexibility index (Phi) is 6.59. The number of urea groups is 1. The highest BCUT2D eigenvalue weighted by Crippen LogP contribution is 2.19. The van der Waals surface area contributed by atoms with E-state index in [1.807, 2.05) is 30.3 Å². The number of amides is 2. The number of nitrogens with zero attached hydrogens (tertiary/aromatic N) is 3. The summed E-state index contributed by atoms with van der Waals surface area (Å²) < 4.78 is 5.40. The van der Waals surface area contributed by atoms with E-state index >= 15 is 0 Å². The smallest absolute Gasteiger partial charge is 0.318 e. The van der Waals surface area contributed by atoms with Crippen molar-refractivity contribution in [2.75, 3.05) is 6.54 Å². The number of nitrogens with one attached hydrogen (secondary N) is 1. The van der Waals surface area contributed by atoms with Gasteiger partial charge in [0.05, 0.1) is 35.7 Å². The van der Waals surface area contributed by atoms with Crippen LogP contribution in [0.4, 0.5) is 4.79 Å². The Morgan fingerprint density at radius 2 is 2.11 bits per heavy atom. The van der Waals surface area contributed by atoms with Gasteiger partial charge in [0, 0.05) is 30.5 Å². The number of furan rings is 1. The first-order valence-electron chi connectivity index (χ1n) is 9.01. The zero-order valence-corrected chi connectivity index (χ0v) is 16.4. The summed E-state index contributed by atoms with van der Waals surface area (Å²) in [5.41, 5.74) is 1.85. The zero-order chi connectivity index (χ0) is 19.1. The van der Waals surface area contributed by atoms with Crippen LogP contribution in [0.25, 0.3) is 0 Å². The molecule has 0 aliphatic heterocycles. The molecule has 0 unspecified atom stereocenters. The molecule has 6 nitrogen and oxygen atoms in total. The molecule has 3 aromatic heterocycles. The molecule has 0 aromatic carbocycles. The van der Waals surface area contributed by atoms with E-state index < -0.39 is 0 Å². The van der Waals surface area contributed by atoms with Crippen LogP contribution in [0.1, 0.15) is 41.9 Å². The summed E-state index contributed by atoms with van der Waals surface area (Å²) >= 11 is 1.67. The van der Waals surface area contributed by atoms with Crippen molar-refractivity contribution in [2.24, 2.45) is 0 Å². The second-order valence-electron chi connectivity index (χ2n) is 6.57. The fraction of sp³-hybridized carbons (Fsp3) is 0.350. The minimum absolute atomic E-state index is 0.142. The summed E-state index contributed by atoms with van der Waals surface area (Å²) in [6.07, 6.45) is 4.06. The van der Waals surface area contributed by atoms with E-state index in [1.54, 1.807) is 28.7 Å². The van der Waals surface area contributed by atoms with Gasteiger partial charge < -0.3 is 14.6 Å².